The van der Waals surface area contributed by atoms with Gasteiger partial charge in [-0.2, -0.15) is 0 Å². The third-order valence-corrected chi connectivity index (χ3v) is 2.99. The highest BCUT2D eigenvalue weighted by atomic mass is 79.9. The van der Waals surface area contributed by atoms with Crippen molar-refractivity contribution < 1.29 is 19.4 Å². The summed E-state index contributed by atoms with van der Waals surface area (Å²) in [4.78, 5) is 11.0. The Morgan fingerprint density at radius 1 is 1.67 bits per heavy atom. The molecule has 0 spiro atoms. The highest BCUT2D eigenvalue weighted by Crippen LogP contribution is 2.45. The highest BCUT2D eigenvalue weighted by Gasteiger charge is 2.34. The number of hydrogen-bond acceptors (Lipinski definition) is 3. The first-order chi connectivity index (χ1) is 7.15. The van der Waals surface area contributed by atoms with Crippen molar-refractivity contribution in [3.63, 3.8) is 0 Å². The molecule has 0 radical (unpaired) electrons. The molecule has 1 aromatic carbocycles. The van der Waals surface area contributed by atoms with Gasteiger partial charge >= 0.3 is 5.97 Å². The molecule has 15 heavy (non-hydrogen) atoms. The van der Waals surface area contributed by atoms with Gasteiger partial charge in [-0.3, -0.25) is 4.79 Å². The van der Waals surface area contributed by atoms with E-state index < -0.39 is 11.9 Å². The summed E-state index contributed by atoms with van der Waals surface area (Å²) in [6, 6.07) is 3.51. The Labute approximate surface area is 94.9 Å². The van der Waals surface area contributed by atoms with Crippen molar-refractivity contribution in [3.05, 3.63) is 22.2 Å². The van der Waals surface area contributed by atoms with E-state index in [1.807, 2.05) is 0 Å². The van der Waals surface area contributed by atoms with Crippen LogP contribution in [0.3, 0.4) is 0 Å². The fourth-order valence-corrected chi connectivity index (χ4v) is 2.11. The lowest BCUT2D eigenvalue weighted by atomic mass is 10.0. The predicted molar refractivity (Wildman–Crippen MR) is 56.6 cm³/mol. The van der Waals surface area contributed by atoms with E-state index in [9.17, 15) is 4.79 Å². The molecule has 1 atom stereocenters. The molecule has 1 heterocycles. The lowest BCUT2D eigenvalue weighted by Crippen LogP contribution is -2.13. The van der Waals surface area contributed by atoms with Gasteiger partial charge in [-0.25, -0.2) is 0 Å². The van der Waals surface area contributed by atoms with Gasteiger partial charge in [0, 0.05) is 0 Å². The standard InChI is InChI=1S/C10H9BrO4/c1-14-7-3-2-6(11)9-8(7)5(4-15-9)10(12)13/h2-3,5H,4H2,1H3,(H,12,13). The van der Waals surface area contributed by atoms with Crippen LogP contribution in [0.25, 0.3) is 0 Å². The van der Waals surface area contributed by atoms with Crippen LogP contribution in [0.1, 0.15) is 11.5 Å². The summed E-state index contributed by atoms with van der Waals surface area (Å²) in [5.41, 5.74) is 0.611. The third-order valence-electron chi connectivity index (χ3n) is 2.37. The van der Waals surface area contributed by atoms with Crippen LogP contribution in [-0.2, 0) is 4.79 Å². The predicted octanol–water partition coefficient (Wildman–Crippen LogP) is 2.02. The number of carboxylic acid groups (broad SMARTS) is 1. The summed E-state index contributed by atoms with van der Waals surface area (Å²) in [7, 11) is 1.51. The normalized spacial score (nSPS) is 18.1. The Morgan fingerprint density at radius 3 is 3.00 bits per heavy atom. The molecule has 0 aromatic heterocycles. The largest absolute Gasteiger partial charge is 0.496 e. The van der Waals surface area contributed by atoms with E-state index in [1.54, 1.807) is 12.1 Å². The molecule has 0 amide bonds. The van der Waals surface area contributed by atoms with Crippen LogP contribution in [-0.4, -0.2) is 24.8 Å². The summed E-state index contributed by atoms with van der Waals surface area (Å²) in [5.74, 6) is -0.419. The second-order valence-electron chi connectivity index (χ2n) is 3.19. The number of aliphatic carboxylic acids is 1. The smallest absolute Gasteiger partial charge is 0.314 e. The second kappa shape index (κ2) is 3.73. The van der Waals surface area contributed by atoms with Crippen LogP contribution in [0, 0.1) is 0 Å². The SMILES string of the molecule is COc1ccc(Br)c2c1C(C(=O)O)CO2. The molecule has 0 saturated carbocycles. The molecule has 0 bridgehead atoms. The summed E-state index contributed by atoms with van der Waals surface area (Å²) >= 11 is 3.31. The van der Waals surface area contributed by atoms with Crippen LogP contribution in [0.5, 0.6) is 11.5 Å². The lowest BCUT2D eigenvalue weighted by molar-refractivity contribution is -0.139. The summed E-state index contributed by atoms with van der Waals surface area (Å²) in [6.07, 6.45) is 0. The number of hydrogen-bond donors (Lipinski definition) is 1. The van der Waals surface area contributed by atoms with Crippen molar-refractivity contribution in [1.29, 1.82) is 0 Å². The van der Waals surface area contributed by atoms with E-state index in [0.717, 1.165) is 4.47 Å². The minimum atomic E-state index is -0.898. The molecule has 1 N–H and O–H groups in total. The van der Waals surface area contributed by atoms with Crippen LogP contribution in [0.15, 0.2) is 16.6 Å². The maximum absolute atomic E-state index is 11.0. The molecule has 1 aliphatic heterocycles. The van der Waals surface area contributed by atoms with Crippen molar-refractivity contribution in [3.8, 4) is 11.5 Å². The molecule has 0 saturated heterocycles. The Kier molecular flexibility index (Phi) is 2.56. The Hall–Kier alpha value is -1.23. The van der Waals surface area contributed by atoms with E-state index >= 15 is 0 Å². The minimum Gasteiger partial charge on any atom is -0.496 e. The van der Waals surface area contributed by atoms with Crippen LogP contribution < -0.4 is 9.47 Å². The molecule has 5 heteroatoms. The van der Waals surface area contributed by atoms with Gasteiger partial charge in [-0.15, -0.1) is 0 Å². The van der Waals surface area contributed by atoms with Crippen molar-refractivity contribution in [1.82, 2.24) is 0 Å². The average molecular weight is 273 g/mol. The molecule has 2 rings (SSSR count). The highest BCUT2D eigenvalue weighted by molar-refractivity contribution is 9.10. The number of rotatable bonds is 2. The fourth-order valence-electron chi connectivity index (χ4n) is 1.65. The molecule has 4 nitrogen and oxygen atoms in total. The van der Waals surface area contributed by atoms with Crippen molar-refractivity contribution in [2.75, 3.05) is 13.7 Å². The summed E-state index contributed by atoms with van der Waals surface area (Å²) < 4.78 is 11.2. The average Bonchev–Trinajstić information content (AvgIpc) is 2.64. The second-order valence-corrected chi connectivity index (χ2v) is 4.05. The van der Waals surface area contributed by atoms with Gasteiger partial charge in [0.2, 0.25) is 0 Å². The lowest BCUT2D eigenvalue weighted by Gasteiger charge is -2.09. The zero-order valence-corrected chi connectivity index (χ0v) is 9.58. The number of fused-ring (bicyclic) bond motifs is 1. The van der Waals surface area contributed by atoms with Gasteiger partial charge in [0.25, 0.3) is 0 Å². The molecular formula is C10H9BrO4. The fraction of sp³-hybridized carbons (Fsp3) is 0.300. The Bertz CT molecular complexity index is 416. The van der Waals surface area contributed by atoms with E-state index in [1.165, 1.54) is 7.11 Å². The molecular weight excluding hydrogens is 264 g/mol. The van der Waals surface area contributed by atoms with Crippen LogP contribution >= 0.6 is 15.9 Å². The first-order valence-corrected chi connectivity index (χ1v) is 5.16. The third kappa shape index (κ3) is 1.56. The van der Waals surface area contributed by atoms with Crippen LogP contribution in [0.4, 0.5) is 0 Å². The van der Waals surface area contributed by atoms with E-state index in [-0.39, 0.29) is 6.61 Å². The van der Waals surface area contributed by atoms with Gasteiger partial charge in [-0.05, 0) is 28.1 Å². The van der Waals surface area contributed by atoms with E-state index in [0.29, 0.717) is 17.1 Å². The molecule has 80 valence electrons. The molecule has 1 aromatic rings. The molecule has 0 aliphatic carbocycles. The first-order valence-electron chi connectivity index (χ1n) is 4.37. The molecule has 1 unspecified atom stereocenters. The quantitative estimate of drug-likeness (QED) is 0.895. The maximum Gasteiger partial charge on any atom is 0.314 e. The van der Waals surface area contributed by atoms with Gasteiger partial charge in [0.15, 0.2) is 0 Å². The Morgan fingerprint density at radius 2 is 2.40 bits per heavy atom. The number of benzene rings is 1. The monoisotopic (exact) mass is 272 g/mol. The Balaban J connectivity index is 2.58. The van der Waals surface area contributed by atoms with Gasteiger partial charge in [-0.1, -0.05) is 0 Å². The zero-order valence-electron chi connectivity index (χ0n) is 7.99. The summed E-state index contributed by atoms with van der Waals surface area (Å²) in [5, 5.41) is 9.02. The van der Waals surface area contributed by atoms with Gasteiger partial charge in [0.05, 0.1) is 17.1 Å². The van der Waals surface area contributed by atoms with Gasteiger partial charge in [0.1, 0.15) is 24.0 Å². The van der Waals surface area contributed by atoms with E-state index in [4.69, 9.17) is 14.6 Å². The topological polar surface area (TPSA) is 55.8 Å². The van der Waals surface area contributed by atoms with Crippen molar-refractivity contribution in [2.24, 2.45) is 0 Å². The number of methoxy groups -OCH3 is 1. The van der Waals surface area contributed by atoms with Crippen molar-refractivity contribution in [2.45, 2.75) is 5.92 Å². The first kappa shape index (κ1) is 10.3. The molecule has 1 aliphatic rings. The van der Waals surface area contributed by atoms with Crippen LogP contribution in [0.2, 0.25) is 0 Å². The van der Waals surface area contributed by atoms with Crippen molar-refractivity contribution >= 4 is 21.9 Å². The molecule has 0 fully saturated rings. The number of ether oxygens (including phenoxy) is 2. The summed E-state index contributed by atoms with van der Waals surface area (Å²) in [6.45, 7) is 0.156. The minimum absolute atomic E-state index is 0.156. The number of carboxylic acids is 1. The van der Waals surface area contributed by atoms with E-state index in [2.05, 4.69) is 15.9 Å². The zero-order chi connectivity index (χ0) is 11.0. The van der Waals surface area contributed by atoms with Gasteiger partial charge < -0.3 is 14.6 Å². The maximum atomic E-state index is 11.0. The number of halogens is 1. The number of carbonyl (C=O) groups is 1.